The average Bonchev–Trinajstić information content (AvgIpc) is 2.53. The normalized spacial score (nSPS) is 14.3. The van der Waals surface area contributed by atoms with E-state index in [1.165, 1.54) is 17.3 Å². The number of hydrogen-bond acceptors (Lipinski definition) is 4. The van der Waals surface area contributed by atoms with Crippen LogP contribution in [0.4, 0.5) is 11.4 Å². The second kappa shape index (κ2) is 7.14. The molecule has 1 aliphatic rings. The van der Waals surface area contributed by atoms with Crippen molar-refractivity contribution < 1.29 is 4.79 Å². The molecule has 6 heteroatoms. The van der Waals surface area contributed by atoms with Gasteiger partial charge < -0.3 is 4.90 Å². The van der Waals surface area contributed by atoms with Crippen molar-refractivity contribution >= 4 is 34.2 Å². The Morgan fingerprint density at radius 2 is 2.38 bits per heavy atom. The minimum absolute atomic E-state index is 0.136. The van der Waals surface area contributed by atoms with Crippen LogP contribution in [0.15, 0.2) is 23.2 Å². The molecule has 2 rings (SSSR count). The van der Waals surface area contributed by atoms with Crippen LogP contribution in [0.1, 0.15) is 25.3 Å². The highest BCUT2D eigenvalue weighted by Crippen LogP contribution is 2.31. The van der Waals surface area contributed by atoms with Crippen LogP contribution in [0.2, 0.25) is 0 Å². The first kappa shape index (κ1) is 15.4. The van der Waals surface area contributed by atoms with Crippen molar-refractivity contribution in [2.45, 2.75) is 26.2 Å². The molecule has 5 nitrogen and oxygen atoms in total. The molecule has 110 valence electrons. The lowest BCUT2D eigenvalue weighted by Crippen LogP contribution is -2.34. The molecular weight excluding hydrogens is 284 g/mol. The number of benzene rings is 1. The smallest absolute Gasteiger partial charge is 0.226 e. The number of nitriles is 1. The van der Waals surface area contributed by atoms with E-state index in [-0.39, 0.29) is 5.91 Å². The summed E-state index contributed by atoms with van der Waals surface area (Å²) in [5.74, 6) is 0.136. The summed E-state index contributed by atoms with van der Waals surface area (Å²) in [5, 5.41) is 11.8. The molecule has 21 heavy (non-hydrogen) atoms. The first-order valence-corrected chi connectivity index (χ1v) is 8.13. The van der Waals surface area contributed by atoms with Gasteiger partial charge in [0.1, 0.15) is 0 Å². The van der Waals surface area contributed by atoms with Gasteiger partial charge >= 0.3 is 0 Å². The molecule has 0 radical (unpaired) electrons. The number of rotatable bonds is 2. The van der Waals surface area contributed by atoms with Gasteiger partial charge in [0.2, 0.25) is 5.91 Å². The molecule has 0 atom stereocenters. The Morgan fingerprint density at radius 3 is 3.05 bits per heavy atom. The van der Waals surface area contributed by atoms with Gasteiger partial charge in [-0.15, -0.1) is 0 Å². The fourth-order valence-corrected chi connectivity index (χ4v) is 2.72. The largest absolute Gasteiger partial charge is 0.312 e. The molecule has 0 aliphatic carbocycles. The van der Waals surface area contributed by atoms with Gasteiger partial charge in [0.15, 0.2) is 11.4 Å². The minimum atomic E-state index is 0.136. The van der Waals surface area contributed by atoms with Gasteiger partial charge in [-0.25, -0.2) is 4.99 Å². The molecule has 1 aromatic carbocycles. The number of aryl methyl sites for hydroxylation is 1. The number of fused-ring (bicyclic) bond motifs is 1. The lowest BCUT2D eigenvalue weighted by atomic mass is 10.0. The molecule has 0 aromatic heterocycles. The Labute approximate surface area is 129 Å². The highest BCUT2D eigenvalue weighted by atomic mass is 32.2. The number of hydrogen-bond donors (Lipinski definition) is 1. The first-order chi connectivity index (χ1) is 10.2. The van der Waals surface area contributed by atoms with E-state index in [2.05, 4.69) is 10.3 Å². The Morgan fingerprint density at radius 1 is 1.57 bits per heavy atom. The van der Waals surface area contributed by atoms with Crippen molar-refractivity contribution in [2.75, 3.05) is 17.7 Å². The summed E-state index contributed by atoms with van der Waals surface area (Å²) in [6, 6.07) is 5.87. The van der Waals surface area contributed by atoms with E-state index in [1.54, 1.807) is 0 Å². The third-order valence-corrected chi connectivity index (χ3v) is 3.96. The van der Waals surface area contributed by atoms with Crippen LogP contribution in [0.3, 0.4) is 0 Å². The monoisotopic (exact) mass is 302 g/mol. The molecule has 0 saturated carbocycles. The van der Waals surface area contributed by atoms with E-state index >= 15 is 0 Å². The number of nitrogens with one attached hydrogen (secondary N) is 1. The third-order valence-electron chi connectivity index (χ3n) is 3.38. The molecule has 1 N–H and O–H groups in total. The van der Waals surface area contributed by atoms with E-state index in [0.717, 1.165) is 30.8 Å². The molecular formula is C15H18N4OS. The number of anilines is 1. The zero-order valence-corrected chi connectivity index (χ0v) is 13.0. The molecule has 1 amide bonds. The molecule has 0 saturated heterocycles. The summed E-state index contributed by atoms with van der Waals surface area (Å²) in [4.78, 5) is 18.3. The van der Waals surface area contributed by atoms with Gasteiger partial charge in [0, 0.05) is 18.7 Å². The van der Waals surface area contributed by atoms with Gasteiger partial charge in [-0.1, -0.05) is 24.8 Å². The van der Waals surface area contributed by atoms with E-state index in [0.29, 0.717) is 11.6 Å². The molecule has 1 aromatic rings. The van der Waals surface area contributed by atoms with Crippen molar-refractivity contribution in [1.82, 2.24) is 5.32 Å². The van der Waals surface area contributed by atoms with Crippen LogP contribution in [0.5, 0.6) is 0 Å². The number of carbonyl (C=O) groups is 1. The summed E-state index contributed by atoms with van der Waals surface area (Å²) in [5.41, 5.74) is 2.88. The van der Waals surface area contributed by atoms with Gasteiger partial charge in [-0.2, -0.15) is 5.26 Å². The van der Waals surface area contributed by atoms with E-state index in [4.69, 9.17) is 5.26 Å². The fourth-order valence-electron chi connectivity index (χ4n) is 2.37. The summed E-state index contributed by atoms with van der Waals surface area (Å²) in [6.07, 6.45) is 6.20. The number of amides is 1. The highest BCUT2D eigenvalue weighted by molar-refractivity contribution is 8.13. The highest BCUT2D eigenvalue weighted by Gasteiger charge is 2.21. The van der Waals surface area contributed by atoms with E-state index < -0.39 is 0 Å². The van der Waals surface area contributed by atoms with E-state index in [1.807, 2.05) is 42.5 Å². The van der Waals surface area contributed by atoms with E-state index in [9.17, 15) is 4.79 Å². The standard InChI is InChI=1S/C15H18N4OS/c1-3-14(20)19-8-4-5-11-6-7-12(9-13(11)19)18-15(21-2)17-10-16/h6-7,9H,3-5,8H2,1-2H3,(H,17,18). The maximum atomic E-state index is 12.1. The van der Waals surface area contributed by atoms with Crippen molar-refractivity contribution in [1.29, 1.82) is 5.26 Å². The lowest BCUT2D eigenvalue weighted by Gasteiger charge is -2.29. The predicted octanol–water partition coefficient (Wildman–Crippen LogP) is 2.80. The number of thioether (sulfide) groups is 1. The Kier molecular flexibility index (Phi) is 5.23. The summed E-state index contributed by atoms with van der Waals surface area (Å²) < 4.78 is 0. The van der Waals surface area contributed by atoms with Crippen LogP contribution < -0.4 is 10.2 Å². The van der Waals surface area contributed by atoms with Crippen LogP contribution in [0, 0.1) is 11.5 Å². The second-order valence-electron chi connectivity index (χ2n) is 4.67. The quantitative estimate of drug-likeness (QED) is 0.395. The predicted molar refractivity (Wildman–Crippen MR) is 86.8 cm³/mol. The molecule has 0 unspecified atom stereocenters. The van der Waals surface area contributed by atoms with Crippen LogP contribution in [-0.4, -0.2) is 23.9 Å². The fraction of sp³-hybridized carbons (Fsp3) is 0.400. The Hall–Kier alpha value is -2.00. The van der Waals surface area contributed by atoms with Crippen molar-refractivity contribution in [3.8, 4) is 6.19 Å². The topological polar surface area (TPSA) is 68.5 Å². The molecule has 1 aliphatic heterocycles. The summed E-state index contributed by atoms with van der Waals surface area (Å²) in [7, 11) is 0. The van der Waals surface area contributed by atoms with Gasteiger partial charge in [0.05, 0.1) is 5.69 Å². The van der Waals surface area contributed by atoms with Crippen molar-refractivity contribution in [2.24, 2.45) is 4.99 Å². The second-order valence-corrected chi connectivity index (χ2v) is 5.47. The minimum Gasteiger partial charge on any atom is -0.312 e. The molecule has 1 heterocycles. The van der Waals surface area contributed by atoms with Crippen molar-refractivity contribution in [3.05, 3.63) is 23.8 Å². The van der Waals surface area contributed by atoms with Crippen molar-refractivity contribution in [3.63, 3.8) is 0 Å². The maximum Gasteiger partial charge on any atom is 0.226 e. The lowest BCUT2D eigenvalue weighted by molar-refractivity contribution is -0.118. The van der Waals surface area contributed by atoms with Gasteiger partial charge in [0.25, 0.3) is 0 Å². The zero-order chi connectivity index (χ0) is 15.2. The number of nitrogens with zero attached hydrogens (tertiary/aromatic N) is 3. The molecule has 0 fully saturated rings. The molecule has 0 bridgehead atoms. The van der Waals surface area contributed by atoms with Gasteiger partial charge in [-0.05, 0) is 36.8 Å². The summed E-state index contributed by atoms with van der Waals surface area (Å²) in [6.45, 7) is 2.64. The van der Waals surface area contributed by atoms with Crippen LogP contribution in [0.25, 0.3) is 0 Å². The maximum absolute atomic E-state index is 12.1. The Bertz CT molecular complexity index is 606. The SMILES string of the molecule is CCC(=O)N1CCCc2ccc(N=C(NC#N)SC)cc21. The number of amidine groups is 1. The molecule has 0 spiro atoms. The average molecular weight is 302 g/mol. The van der Waals surface area contributed by atoms with Gasteiger partial charge in [-0.3, -0.25) is 10.1 Å². The number of carbonyl (C=O) groups excluding carboxylic acids is 1. The first-order valence-electron chi connectivity index (χ1n) is 6.90. The zero-order valence-electron chi connectivity index (χ0n) is 12.2. The van der Waals surface area contributed by atoms with Crippen LogP contribution >= 0.6 is 11.8 Å². The third kappa shape index (κ3) is 3.56. The van der Waals surface area contributed by atoms with Crippen LogP contribution in [-0.2, 0) is 11.2 Å². The number of aliphatic imine (C=N–C) groups is 1. The Balaban J connectivity index is 2.36. The summed E-state index contributed by atoms with van der Waals surface area (Å²) >= 11 is 1.37.